The summed E-state index contributed by atoms with van der Waals surface area (Å²) in [6.45, 7) is 0. The molecule has 0 saturated carbocycles. The van der Waals surface area contributed by atoms with E-state index >= 15 is 0 Å². The summed E-state index contributed by atoms with van der Waals surface area (Å²) >= 11 is 0. The third kappa shape index (κ3) is 7.93. The first-order valence-electron chi connectivity index (χ1n) is 12.0. The van der Waals surface area contributed by atoms with E-state index in [1.165, 1.54) is 12.1 Å². The summed E-state index contributed by atoms with van der Waals surface area (Å²) < 4.78 is 35.4. The Bertz CT molecular complexity index is 1940. The third-order valence-electron chi connectivity index (χ3n) is 6.15. The first kappa shape index (κ1) is 34.0. The van der Waals surface area contributed by atoms with Gasteiger partial charge in [-0.3, -0.25) is 10.2 Å². The number of rotatable bonds is 7. The van der Waals surface area contributed by atoms with Crippen LogP contribution in [0.4, 0.5) is 22.7 Å². The average Bonchev–Trinajstić information content (AvgIpc) is 2.96. The van der Waals surface area contributed by atoms with Crippen molar-refractivity contribution in [2.45, 2.75) is 4.90 Å². The fourth-order valence-electron chi connectivity index (χ4n) is 4.09. The van der Waals surface area contributed by atoms with Crippen LogP contribution in [-0.2, 0) is 19.7 Å². The molecule has 0 radical (unpaired) electrons. The first-order valence-corrected chi connectivity index (χ1v) is 13.4. The van der Waals surface area contributed by atoms with Crippen molar-refractivity contribution in [2.24, 2.45) is 15.3 Å². The molecule has 0 saturated heterocycles. The minimum Gasteiger partial charge on any atom is -0.744 e. The van der Waals surface area contributed by atoms with Crippen LogP contribution in [-0.4, -0.2) is 30.4 Å². The van der Waals surface area contributed by atoms with E-state index in [1.54, 1.807) is 42.5 Å². The molecule has 5 rings (SSSR count). The summed E-state index contributed by atoms with van der Waals surface area (Å²) in [5, 5.41) is 24.0. The number of allylic oxidation sites excluding steroid dienone is 3. The molecule has 0 fully saturated rings. The van der Waals surface area contributed by atoms with Gasteiger partial charge in [-0.2, -0.15) is 10.2 Å². The van der Waals surface area contributed by atoms with E-state index in [-0.39, 0.29) is 81.6 Å². The zero-order valence-electron chi connectivity index (χ0n) is 23.0. The number of anilines is 2. The number of nitrogens with two attached hydrogens (primary N) is 1. The summed E-state index contributed by atoms with van der Waals surface area (Å²) in [7, 11) is -4.77. The molecule has 0 aromatic heterocycles. The largest absolute Gasteiger partial charge is 1.00 e. The normalized spacial score (nSPS) is 13.8. The molecule has 1 aliphatic carbocycles. The molecule has 11 nitrogen and oxygen atoms in total. The number of azo groups is 1. The van der Waals surface area contributed by atoms with E-state index in [4.69, 9.17) is 5.73 Å². The van der Waals surface area contributed by atoms with Gasteiger partial charge in [0.15, 0.2) is 5.78 Å². The second-order valence-corrected chi connectivity index (χ2v) is 10.2. The van der Waals surface area contributed by atoms with Crippen LogP contribution in [0, 0.1) is 0 Å². The van der Waals surface area contributed by atoms with Crippen LogP contribution < -0.4 is 75.4 Å². The number of nitrogens with one attached hydrogen (secondary N) is 1. The molecule has 0 spiro atoms. The van der Waals surface area contributed by atoms with Crippen LogP contribution in [0.1, 0.15) is 0 Å². The molecular formula is C29H19N5Na2O6S. The van der Waals surface area contributed by atoms with Crippen LogP contribution >= 0.6 is 0 Å². The Morgan fingerprint density at radius 3 is 2.05 bits per heavy atom. The second kappa shape index (κ2) is 14.3. The molecule has 0 heterocycles. The number of hydrogen-bond donors (Lipinski definition) is 2. The topological polar surface area (TPSA) is 190 Å². The SMILES string of the molecule is Nc1c(N=Nc2ccc(-c3ccc(N/N=C4\C=CC(=O)C(C(=O)[O-])=C4)cc3)cc2)cc(S(=O)(=O)[O-])c2ccccc12.[Na+].[Na+]. The molecule has 14 heteroatoms. The Balaban J connectivity index is 0.00000253. The van der Waals surface area contributed by atoms with Crippen molar-refractivity contribution in [1.29, 1.82) is 0 Å². The van der Waals surface area contributed by atoms with Crippen molar-refractivity contribution in [3.63, 3.8) is 0 Å². The van der Waals surface area contributed by atoms with E-state index in [9.17, 15) is 27.7 Å². The molecule has 4 aromatic carbocycles. The molecule has 3 N–H and O–H groups in total. The quantitative estimate of drug-likeness (QED) is 0.0456. The molecule has 0 atom stereocenters. The summed E-state index contributed by atoms with van der Waals surface area (Å²) in [6, 6.07) is 21.9. The first-order chi connectivity index (χ1) is 19.6. The van der Waals surface area contributed by atoms with Crippen LogP contribution in [0.2, 0.25) is 0 Å². The Kier molecular flexibility index (Phi) is 11.4. The van der Waals surface area contributed by atoms with E-state index in [2.05, 4.69) is 20.8 Å². The number of benzene rings is 4. The Hall–Kier alpha value is -3.46. The maximum atomic E-state index is 11.8. The van der Waals surface area contributed by atoms with Crippen molar-refractivity contribution >= 4 is 61.1 Å². The number of carboxylic acid groups (broad SMARTS) is 1. The maximum Gasteiger partial charge on any atom is 1.00 e. The van der Waals surface area contributed by atoms with Gasteiger partial charge in [-0.05, 0) is 59.7 Å². The van der Waals surface area contributed by atoms with E-state index in [0.717, 1.165) is 29.3 Å². The van der Waals surface area contributed by atoms with Gasteiger partial charge in [0.05, 0.1) is 33.6 Å². The van der Waals surface area contributed by atoms with Crippen molar-refractivity contribution in [3.8, 4) is 11.1 Å². The van der Waals surface area contributed by atoms with Gasteiger partial charge in [0, 0.05) is 16.3 Å². The molecule has 43 heavy (non-hydrogen) atoms. The fourth-order valence-corrected chi connectivity index (χ4v) is 4.79. The molecule has 0 amide bonds. The number of ketones is 1. The van der Waals surface area contributed by atoms with Gasteiger partial charge in [0.2, 0.25) is 0 Å². The predicted octanol–water partition coefficient (Wildman–Crippen LogP) is -2.00. The predicted molar refractivity (Wildman–Crippen MR) is 151 cm³/mol. The average molecular weight is 612 g/mol. The van der Waals surface area contributed by atoms with E-state index in [1.807, 2.05) is 24.3 Å². The number of nitrogen functional groups attached to an aromatic ring is 1. The van der Waals surface area contributed by atoms with E-state index in [0.29, 0.717) is 16.8 Å². The summed E-state index contributed by atoms with van der Waals surface area (Å²) in [4.78, 5) is 22.2. The van der Waals surface area contributed by atoms with Gasteiger partial charge in [0.1, 0.15) is 15.8 Å². The smallest absolute Gasteiger partial charge is 0.744 e. The van der Waals surface area contributed by atoms with Gasteiger partial charge in [-0.1, -0.05) is 48.5 Å². The maximum absolute atomic E-state index is 11.8. The van der Waals surface area contributed by atoms with Crippen LogP contribution in [0.3, 0.4) is 0 Å². The summed E-state index contributed by atoms with van der Waals surface area (Å²) in [6.07, 6.45) is 3.65. The molecule has 0 bridgehead atoms. The number of carboxylic acids is 1. The standard InChI is InChI=1S/C29H21N5O6S.2Na/c30-28-23-4-2-1-3-22(23)27(41(38,39)40)16-25(28)34-32-20-11-7-18(8-12-20)17-5-9-19(10-6-17)31-33-21-13-14-26(35)24(15-21)29(36)37;;/h1-16,31H,30H2,(H,36,37)(H,38,39,40);;/q;2*+1/p-2/b33-21+,34-32?;;. The number of hydrazone groups is 1. The third-order valence-corrected chi connectivity index (χ3v) is 7.03. The Morgan fingerprint density at radius 1 is 0.837 bits per heavy atom. The molecule has 1 aliphatic rings. The number of fused-ring (bicyclic) bond motifs is 1. The molecular weight excluding hydrogens is 592 g/mol. The summed E-state index contributed by atoms with van der Waals surface area (Å²) in [5.41, 5.74) is 11.9. The van der Waals surface area contributed by atoms with Gasteiger partial charge < -0.3 is 20.2 Å². The number of aliphatic carboxylic acids is 1. The number of hydrogen-bond acceptors (Lipinski definition) is 11. The zero-order chi connectivity index (χ0) is 29.1. The van der Waals surface area contributed by atoms with Crippen molar-refractivity contribution < 1.29 is 86.8 Å². The fraction of sp³-hybridized carbons (Fsp3) is 0. The van der Waals surface area contributed by atoms with E-state index < -0.39 is 32.3 Å². The summed E-state index contributed by atoms with van der Waals surface area (Å²) in [5.74, 6) is -2.21. The number of carbonyl (C=O) groups is 2. The second-order valence-electron chi connectivity index (χ2n) is 8.82. The van der Waals surface area contributed by atoms with Crippen molar-refractivity contribution in [3.05, 3.63) is 103 Å². The van der Waals surface area contributed by atoms with Crippen LogP contribution in [0.25, 0.3) is 21.9 Å². The van der Waals surface area contributed by atoms with Gasteiger partial charge in [-0.25, -0.2) is 8.42 Å². The monoisotopic (exact) mass is 611 g/mol. The minimum absolute atomic E-state index is 0. The van der Waals surface area contributed by atoms with Gasteiger partial charge >= 0.3 is 59.1 Å². The van der Waals surface area contributed by atoms with Crippen molar-refractivity contribution in [1.82, 2.24) is 0 Å². The number of nitrogens with zero attached hydrogens (tertiary/aromatic N) is 3. The molecule has 204 valence electrons. The Labute approximate surface area is 290 Å². The van der Waals surface area contributed by atoms with Gasteiger partial charge in [-0.15, -0.1) is 5.11 Å². The molecule has 0 aliphatic heterocycles. The van der Waals surface area contributed by atoms with Crippen molar-refractivity contribution in [2.75, 3.05) is 11.2 Å². The van der Waals surface area contributed by atoms with Gasteiger partial charge in [0.25, 0.3) is 0 Å². The Morgan fingerprint density at radius 2 is 1.44 bits per heavy atom. The zero-order valence-corrected chi connectivity index (χ0v) is 27.8. The molecule has 0 unspecified atom stereocenters. The minimum atomic E-state index is -4.77. The number of carbonyl (C=O) groups excluding carboxylic acids is 2. The van der Waals surface area contributed by atoms with Crippen LogP contribution in [0.15, 0.2) is 123 Å². The molecule has 4 aromatic rings. The van der Waals surface area contributed by atoms with Crippen LogP contribution in [0.5, 0.6) is 0 Å².